The van der Waals surface area contributed by atoms with Crippen LogP contribution < -0.4 is 5.32 Å². The third-order valence-electron chi connectivity index (χ3n) is 0.942. The Morgan fingerprint density at radius 3 is 3.12 bits per heavy atom. The van der Waals surface area contributed by atoms with Gasteiger partial charge in [-0.25, -0.2) is 0 Å². The molecule has 0 aromatic rings. The Bertz CT molecular complexity index is 126. The summed E-state index contributed by atoms with van der Waals surface area (Å²) in [5.74, 6) is 0.809. The van der Waals surface area contributed by atoms with Gasteiger partial charge in [0, 0.05) is 18.8 Å². The maximum Gasteiger partial charge on any atom is 0.126 e. The van der Waals surface area contributed by atoms with Gasteiger partial charge in [-0.3, -0.25) is 0 Å². The first-order valence-electron chi connectivity index (χ1n) is 2.49. The topological polar surface area (TPSA) is 21.3 Å². The highest BCUT2D eigenvalue weighted by atomic mass is 16.5. The third-order valence-corrected chi connectivity index (χ3v) is 0.942. The number of hydrogen-bond donors (Lipinski definition) is 1. The number of hydrogen-bond acceptors (Lipinski definition) is 2. The molecule has 1 heterocycles. The van der Waals surface area contributed by atoms with E-state index in [2.05, 4.69) is 11.4 Å². The predicted molar refractivity (Wildman–Crippen MR) is 30.9 cm³/mol. The van der Waals surface area contributed by atoms with Gasteiger partial charge in [0.05, 0.1) is 7.11 Å². The van der Waals surface area contributed by atoms with E-state index < -0.39 is 0 Å². The highest BCUT2D eigenvalue weighted by Gasteiger charge is 1.91. The van der Waals surface area contributed by atoms with Crippen molar-refractivity contribution in [3.8, 4) is 0 Å². The summed E-state index contributed by atoms with van der Waals surface area (Å²) in [5.41, 5.74) is 0. The zero-order valence-electron chi connectivity index (χ0n) is 4.77. The van der Waals surface area contributed by atoms with Gasteiger partial charge in [0.25, 0.3) is 0 Å². The molecule has 0 saturated heterocycles. The van der Waals surface area contributed by atoms with Gasteiger partial charge < -0.3 is 10.1 Å². The Balaban J connectivity index is 2.51. The normalized spacial score (nSPS) is 16.9. The van der Waals surface area contributed by atoms with Gasteiger partial charge in [0.1, 0.15) is 5.76 Å². The monoisotopic (exact) mass is 110 g/mol. The van der Waals surface area contributed by atoms with E-state index in [1.807, 2.05) is 6.08 Å². The fourth-order valence-electron chi connectivity index (χ4n) is 0.534. The molecule has 0 amide bonds. The summed E-state index contributed by atoms with van der Waals surface area (Å²) in [7, 11) is 1.64. The SMILES string of the molecule is COC1=CCNC=[C]1. The molecule has 0 aromatic heterocycles. The molecule has 1 N–H and O–H groups in total. The van der Waals surface area contributed by atoms with Crippen LogP contribution in [0.25, 0.3) is 0 Å². The highest BCUT2D eigenvalue weighted by molar-refractivity contribution is 5.09. The maximum absolute atomic E-state index is 4.87. The Morgan fingerprint density at radius 2 is 2.75 bits per heavy atom. The lowest BCUT2D eigenvalue weighted by molar-refractivity contribution is 0.300. The molecule has 0 spiro atoms. The van der Waals surface area contributed by atoms with Crippen LogP contribution in [0.1, 0.15) is 0 Å². The minimum absolute atomic E-state index is 0.809. The van der Waals surface area contributed by atoms with Gasteiger partial charge in [0.2, 0.25) is 0 Å². The van der Waals surface area contributed by atoms with E-state index in [1.165, 1.54) is 0 Å². The van der Waals surface area contributed by atoms with Crippen LogP contribution in [0.4, 0.5) is 0 Å². The van der Waals surface area contributed by atoms with Crippen molar-refractivity contribution in [1.82, 2.24) is 5.32 Å². The van der Waals surface area contributed by atoms with E-state index in [1.54, 1.807) is 13.3 Å². The van der Waals surface area contributed by atoms with Crippen LogP contribution in [0.2, 0.25) is 0 Å². The van der Waals surface area contributed by atoms with Crippen molar-refractivity contribution < 1.29 is 4.74 Å². The van der Waals surface area contributed by atoms with Crippen molar-refractivity contribution in [2.45, 2.75) is 0 Å². The Kier molecular flexibility index (Phi) is 1.57. The van der Waals surface area contributed by atoms with Crippen LogP contribution in [-0.2, 0) is 4.74 Å². The van der Waals surface area contributed by atoms with E-state index in [0.717, 1.165) is 12.3 Å². The second kappa shape index (κ2) is 2.40. The molecule has 2 nitrogen and oxygen atoms in total. The van der Waals surface area contributed by atoms with E-state index in [0.29, 0.717) is 0 Å². The standard InChI is InChI=1S/C6H8NO/c1-8-6-2-4-7-5-3-6/h2,5,7H,4H2,1H3. The third kappa shape index (κ3) is 1.03. The lowest BCUT2D eigenvalue weighted by Gasteiger charge is -2.04. The fraction of sp³-hybridized carbons (Fsp3) is 0.333. The first-order chi connectivity index (χ1) is 3.93. The molecule has 2 heteroatoms. The van der Waals surface area contributed by atoms with Gasteiger partial charge in [-0.05, 0) is 6.08 Å². The number of dihydropyridines is 1. The summed E-state index contributed by atoms with van der Waals surface area (Å²) >= 11 is 0. The van der Waals surface area contributed by atoms with Crippen LogP contribution in [0.5, 0.6) is 0 Å². The van der Waals surface area contributed by atoms with Crippen LogP contribution in [0, 0.1) is 6.08 Å². The Labute approximate surface area is 48.8 Å². The molecule has 0 saturated carbocycles. The van der Waals surface area contributed by atoms with Gasteiger partial charge in [0.15, 0.2) is 0 Å². The maximum atomic E-state index is 4.87. The molecule has 0 aromatic carbocycles. The molecule has 43 valence electrons. The van der Waals surface area contributed by atoms with Crippen molar-refractivity contribution in [3.05, 3.63) is 24.1 Å². The zero-order chi connectivity index (χ0) is 5.82. The summed E-state index contributed by atoms with van der Waals surface area (Å²) in [6.07, 6.45) is 6.55. The lowest BCUT2D eigenvalue weighted by Crippen LogP contribution is -2.09. The van der Waals surface area contributed by atoms with Crippen LogP contribution in [-0.4, -0.2) is 13.7 Å². The summed E-state index contributed by atoms with van der Waals surface area (Å²) in [6.45, 7) is 0.843. The average Bonchev–Trinajstić information content (AvgIpc) is 1.90. The molecule has 0 aliphatic carbocycles. The minimum Gasteiger partial charge on any atom is -0.496 e. The molecular weight excluding hydrogens is 102 g/mol. The zero-order valence-corrected chi connectivity index (χ0v) is 4.77. The number of nitrogens with one attached hydrogen (secondary N) is 1. The van der Waals surface area contributed by atoms with Crippen molar-refractivity contribution in [2.24, 2.45) is 0 Å². The molecule has 8 heavy (non-hydrogen) atoms. The van der Waals surface area contributed by atoms with Crippen molar-refractivity contribution >= 4 is 0 Å². The summed E-state index contributed by atoms with van der Waals surface area (Å²) in [5, 5.41) is 2.96. The van der Waals surface area contributed by atoms with Crippen LogP contribution in [0.15, 0.2) is 18.0 Å². The average molecular weight is 110 g/mol. The Morgan fingerprint density at radius 1 is 1.88 bits per heavy atom. The van der Waals surface area contributed by atoms with Gasteiger partial charge in [-0.15, -0.1) is 0 Å². The lowest BCUT2D eigenvalue weighted by atomic mass is 10.4. The number of rotatable bonds is 1. The molecule has 0 atom stereocenters. The summed E-state index contributed by atoms with van der Waals surface area (Å²) in [6, 6.07) is 0. The smallest absolute Gasteiger partial charge is 0.126 e. The molecule has 1 radical (unpaired) electrons. The van der Waals surface area contributed by atoms with Crippen molar-refractivity contribution in [2.75, 3.05) is 13.7 Å². The molecule has 0 unspecified atom stereocenters. The van der Waals surface area contributed by atoms with Crippen molar-refractivity contribution in [3.63, 3.8) is 0 Å². The number of ether oxygens (including phenoxy) is 1. The van der Waals surface area contributed by atoms with E-state index in [-0.39, 0.29) is 0 Å². The first-order valence-corrected chi connectivity index (χ1v) is 2.49. The van der Waals surface area contributed by atoms with Gasteiger partial charge in [-0.1, -0.05) is 0 Å². The van der Waals surface area contributed by atoms with E-state index in [9.17, 15) is 0 Å². The number of methoxy groups -OCH3 is 1. The second-order valence-electron chi connectivity index (χ2n) is 1.47. The quantitative estimate of drug-likeness (QED) is 0.528. The van der Waals surface area contributed by atoms with Gasteiger partial charge in [-0.2, -0.15) is 0 Å². The molecule has 1 aliphatic rings. The second-order valence-corrected chi connectivity index (χ2v) is 1.47. The molecule has 1 rings (SSSR count). The molecule has 0 bridgehead atoms. The minimum atomic E-state index is 0.809. The summed E-state index contributed by atoms with van der Waals surface area (Å²) < 4.78 is 4.87. The van der Waals surface area contributed by atoms with Crippen LogP contribution in [0.3, 0.4) is 0 Å². The van der Waals surface area contributed by atoms with E-state index in [4.69, 9.17) is 4.74 Å². The largest absolute Gasteiger partial charge is 0.496 e. The number of allylic oxidation sites excluding steroid dienone is 1. The fourth-order valence-corrected chi connectivity index (χ4v) is 0.534. The predicted octanol–water partition coefficient (Wildman–Crippen LogP) is 0.437. The first kappa shape index (κ1) is 5.22. The van der Waals surface area contributed by atoms with E-state index >= 15 is 0 Å². The van der Waals surface area contributed by atoms with Crippen molar-refractivity contribution in [1.29, 1.82) is 0 Å². The molecular formula is C6H8NO. The molecule has 1 aliphatic heterocycles. The van der Waals surface area contributed by atoms with Crippen LogP contribution >= 0.6 is 0 Å². The Hall–Kier alpha value is -0.920. The highest BCUT2D eigenvalue weighted by Crippen LogP contribution is 1.96. The van der Waals surface area contributed by atoms with Gasteiger partial charge >= 0.3 is 0 Å². The molecule has 0 fully saturated rings. The summed E-state index contributed by atoms with van der Waals surface area (Å²) in [4.78, 5) is 0.